The third kappa shape index (κ3) is 2.31. The molecule has 1 aliphatic carbocycles. The molecule has 0 spiro atoms. The predicted octanol–water partition coefficient (Wildman–Crippen LogP) is 1.24. The van der Waals surface area contributed by atoms with Crippen LogP contribution in [-0.2, 0) is 19.3 Å². The first-order valence-corrected chi connectivity index (χ1v) is 6.94. The molecule has 8 heteroatoms. The molecule has 2 heterocycles. The first kappa shape index (κ1) is 13.8. The van der Waals surface area contributed by atoms with Crippen molar-refractivity contribution >= 4 is 0 Å². The van der Waals surface area contributed by atoms with E-state index in [0.717, 1.165) is 0 Å². The fraction of sp³-hybridized carbons (Fsp3) is 0.833. The Hall–Kier alpha value is -1.15. The number of rotatable bonds is 3. The number of hydrogen-bond donors (Lipinski definition) is 1. The van der Waals surface area contributed by atoms with Crippen LogP contribution in [0.15, 0.2) is 0 Å². The molecule has 0 aromatic carbocycles. The second kappa shape index (κ2) is 5.00. The Morgan fingerprint density at radius 2 is 2.00 bits per heavy atom. The molecule has 0 radical (unpaired) electrons. The number of halogens is 3. The zero-order chi connectivity index (χ0) is 14.3. The fourth-order valence-electron chi connectivity index (χ4n) is 3.13. The quantitative estimate of drug-likeness (QED) is 0.909. The fourth-order valence-corrected chi connectivity index (χ4v) is 3.13. The van der Waals surface area contributed by atoms with Crippen LogP contribution in [-0.4, -0.2) is 38.8 Å². The van der Waals surface area contributed by atoms with Gasteiger partial charge in [0, 0.05) is 25.7 Å². The molecule has 1 aromatic rings. The molecule has 5 nitrogen and oxygen atoms in total. The summed E-state index contributed by atoms with van der Waals surface area (Å²) in [6.07, 6.45) is -0.879. The van der Waals surface area contributed by atoms with Gasteiger partial charge in [-0.25, -0.2) is 0 Å². The summed E-state index contributed by atoms with van der Waals surface area (Å²) in [5, 5.41) is 7.00. The van der Waals surface area contributed by atoms with Crippen LogP contribution in [0, 0.1) is 5.92 Å². The number of aromatic nitrogens is 3. The summed E-state index contributed by atoms with van der Waals surface area (Å²) < 4.78 is 39.5. The Labute approximate surface area is 114 Å². The topological polar surface area (TPSA) is 60.0 Å². The van der Waals surface area contributed by atoms with Gasteiger partial charge in [0.2, 0.25) is 5.82 Å². The maximum absolute atomic E-state index is 12.8. The van der Waals surface area contributed by atoms with Crippen molar-refractivity contribution in [3.05, 3.63) is 11.6 Å². The van der Waals surface area contributed by atoms with Gasteiger partial charge in [-0.15, -0.1) is 10.2 Å². The van der Waals surface area contributed by atoms with E-state index >= 15 is 0 Å². The summed E-state index contributed by atoms with van der Waals surface area (Å²) in [6, 6.07) is 0.253. The molecular weight excluding hydrogens is 271 g/mol. The van der Waals surface area contributed by atoms with Crippen LogP contribution in [0.25, 0.3) is 0 Å². The molecule has 1 fully saturated rings. The number of nitrogens with two attached hydrogens (primary N) is 1. The summed E-state index contributed by atoms with van der Waals surface area (Å²) in [6.45, 7) is 1.80. The molecule has 1 saturated carbocycles. The van der Waals surface area contributed by atoms with Gasteiger partial charge in [-0.05, 0) is 18.8 Å². The van der Waals surface area contributed by atoms with Crippen LogP contribution in [0.5, 0.6) is 0 Å². The van der Waals surface area contributed by atoms with E-state index in [1.165, 1.54) is 23.8 Å². The van der Waals surface area contributed by atoms with Gasteiger partial charge in [0.1, 0.15) is 5.82 Å². The second-order valence-electron chi connectivity index (χ2n) is 5.55. The zero-order valence-corrected chi connectivity index (χ0v) is 11.1. The van der Waals surface area contributed by atoms with E-state index in [1.54, 1.807) is 0 Å². The Kier molecular flexibility index (Phi) is 3.45. The van der Waals surface area contributed by atoms with Crippen LogP contribution in [0.2, 0.25) is 0 Å². The van der Waals surface area contributed by atoms with Crippen molar-refractivity contribution in [2.75, 3.05) is 13.1 Å². The Bertz CT molecular complexity index is 480. The molecule has 1 aliphatic heterocycles. The summed E-state index contributed by atoms with van der Waals surface area (Å²) >= 11 is 0. The third-order valence-electron chi connectivity index (χ3n) is 4.44. The highest BCUT2D eigenvalue weighted by Crippen LogP contribution is 2.34. The molecule has 2 aliphatic rings. The van der Waals surface area contributed by atoms with Gasteiger partial charge in [0.15, 0.2) is 0 Å². The monoisotopic (exact) mass is 289 g/mol. The van der Waals surface area contributed by atoms with E-state index in [2.05, 4.69) is 15.1 Å². The van der Waals surface area contributed by atoms with Gasteiger partial charge >= 0.3 is 6.18 Å². The van der Waals surface area contributed by atoms with Gasteiger partial charge < -0.3 is 10.3 Å². The standard InChI is InChI=1S/C12H18F3N5/c13-12(14,15)11-18-17-10-7-19(4-5-20(10)11)9(6-16)8-2-1-3-8/h8-9H,1-7,16H2. The van der Waals surface area contributed by atoms with Crippen molar-refractivity contribution in [3.8, 4) is 0 Å². The minimum absolute atomic E-state index is 0.253. The van der Waals surface area contributed by atoms with E-state index in [0.29, 0.717) is 31.4 Å². The highest BCUT2D eigenvalue weighted by Gasteiger charge is 2.40. The summed E-state index contributed by atoms with van der Waals surface area (Å²) in [5.41, 5.74) is 5.84. The van der Waals surface area contributed by atoms with E-state index in [9.17, 15) is 13.2 Å². The molecule has 0 bridgehead atoms. The van der Waals surface area contributed by atoms with Gasteiger partial charge in [-0.2, -0.15) is 13.2 Å². The largest absolute Gasteiger partial charge is 0.451 e. The van der Waals surface area contributed by atoms with Crippen molar-refractivity contribution in [1.29, 1.82) is 0 Å². The molecule has 1 atom stereocenters. The Balaban J connectivity index is 1.77. The van der Waals surface area contributed by atoms with Crippen LogP contribution >= 0.6 is 0 Å². The summed E-state index contributed by atoms with van der Waals surface area (Å²) in [7, 11) is 0. The predicted molar refractivity (Wildman–Crippen MR) is 65.6 cm³/mol. The van der Waals surface area contributed by atoms with Crippen molar-refractivity contribution in [2.24, 2.45) is 11.7 Å². The van der Waals surface area contributed by atoms with Gasteiger partial charge in [-0.3, -0.25) is 4.90 Å². The molecule has 1 unspecified atom stereocenters. The molecule has 0 saturated heterocycles. The van der Waals surface area contributed by atoms with E-state index in [1.807, 2.05) is 0 Å². The van der Waals surface area contributed by atoms with Crippen molar-refractivity contribution < 1.29 is 13.2 Å². The van der Waals surface area contributed by atoms with Crippen molar-refractivity contribution in [3.63, 3.8) is 0 Å². The number of hydrogen-bond acceptors (Lipinski definition) is 4. The first-order valence-electron chi connectivity index (χ1n) is 6.94. The highest BCUT2D eigenvalue weighted by atomic mass is 19.4. The Morgan fingerprint density at radius 3 is 2.55 bits per heavy atom. The SMILES string of the molecule is NCC(C1CCC1)N1CCn2c(nnc2C(F)(F)F)C1. The number of alkyl halides is 3. The lowest BCUT2D eigenvalue weighted by atomic mass is 9.79. The number of nitrogens with zero attached hydrogens (tertiary/aromatic N) is 4. The van der Waals surface area contributed by atoms with Gasteiger partial charge in [0.05, 0.1) is 6.54 Å². The lowest BCUT2D eigenvalue weighted by Crippen LogP contribution is -2.50. The minimum atomic E-state index is -4.44. The van der Waals surface area contributed by atoms with Crippen molar-refractivity contribution in [1.82, 2.24) is 19.7 Å². The zero-order valence-electron chi connectivity index (χ0n) is 11.1. The average Bonchev–Trinajstić information content (AvgIpc) is 2.75. The molecular formula is C12H18F3N5. The lowest BCUT2D eigenvalue weighted by molar-refractivity contribution is -0.148. The molecule has 20 heavy (non-hydrogen) atoms. The second-order valence-corrected chi connectivity index (χ2v) is 5.55. The van der Waals surface area contributed by atoms with E-state index in [-0.39, 0.29) is 12.6 Å². The summed E-state index contributed by atoms with van der Waals surface area (Å²) in [5.74, 6) is 0.0815. The van der Waals surface area contributed by atoms with Crippen LogP contribution in [0.3, 0.4) is 0 Å². The third-order valence-corrected chi connectivity index (χ3v) is 4.44. The highest BCUT2D eigenvalue weighted by molar-refractivity contribution is 5.03. The van der Waals surface area contributed by atoms with Crippen LogP contribution < -0.4 is 5.73 Å². The van der Waals surface area contributed by atoms with Crippen LogP contribution in [0.4, 0.5) is 13.2 Å². The van der Waals surface area contributed by atoms with Gasteiger partial charge in [0.25, 0.3) is 0 Å². The smallest absolute Gasteiger partial charge is 0.329 e. The van der Waals surface area contributed by atoms with Gasteiger partial charge in [-0.1, -0.05) is 6.42 Å². The van der Waals surface area contributed by atoms with Crippen molar-refractivity contribution in [2.45, 2.75) is 44.6 Å². The molecule has 1 aromatic heterocycles. The molecule has 0 amide bonds. The number of fused-ring (bicyclic) bond motifs is 1. The maximum atomic E-state index is 12.8. The minimum Gasteiger partial charge on any atom is -0.329 e. The van der Waals surface area contributed by atoms with E-state index in [4.69, 9.17) is 5.73 Å². The normalized spacial score (nSPS) is 22.4. The maximum Gasteiger partial charge on any atom is 0.451 e. The average molecular weight is 289 g/mol. The summed E-state index contributed by atoms with van der Waals surface area (Å²) in [4.78, 5) is 2.16. The Morgan fingerprint density at radius 1 is 1.25 bits per heavy atom. The first-order chi connectivity index (χ1) is 9.50. The van der Waals surface area contributed by atoms with Crippen LogP contribution in [0.1, 0.15) is 30.9 Å². The lowest BCUT2D eigenvalue weighted by Gasteiger charge is -2.42. The molecule has 112 valence electrons. The van der Waals surface area contributed by atoms with E-state index < -0.39 is 12.0 Å². The molecule has 3 rings (SSSR count). The molecule has 2 N–H and O–H groups in total.